The molecule has 0 atom stereocenters. The maximum absolute atomic E-state index is 5.21. The molecule has 0 aromatic heterocycles. The summed E-state index contributed by atoms with van der Waals surface area (Å²) in [5.41, 5.74) is 1.03. The molecule has 0 aliphatic heterocycles. The molecule has 0 aliphatic carbocycles. The Labute approximate surface area is 112 Å². The molecule has 0 fully saturated rings. The summed E-state index contributed by atoms with van der Waals surface area (Å²) < 4.78 is 10.4. The molecule has 0 heterocycles. The predicted molar refractivity (Wildman–Crippen MR) is 73.8 cm³/mol. The SMILES string of the molecule is COC(OC)c1ccc(Sc2ccccc2)cc1. The minimum Gasteiger partial charge on any atom is -0.352 e. The molecule has 2 aromatic carbocycles. The molecular weight excluding hydrogens is 244 g/mol. The van der Waals surface area contributed by atoms with Crippen LogP contribution in [0.15, 0.2) is 64.4 Å². The topological polar surface area (TPSA) is 18.5 Å². The highest BCUT2D eigenvalue weighted by atomic mass is 32.2. The molecule has 2 rings (SSSR count). The fraction of sp³-hybridized carbons (Fsp3) is 0.200. The van der Waals surface area contributed by atoms with Crippen LogP contribution in [0.4, 0.5) is 0 Å². The van der Waals surface area contributed by atoms with Crippen LogP contribution in [0.3, 0.4) is 0 Å². The third-order valence-corrected chi connectivity index (χ3v) is 3.58. The van der Waals surface area contributed by atoms with E-state index in [0.29, 0.717) is 0 Å². The number of ether oxygens (including phenoxy) is 2. The van der Waals surface area contributed by atoms with Gasteiger partial charge in [0, 0.05) is 29.6 Å². The number of methoxy groups -OCH3 is 2. The molecule has 94 valence electrons. The Hall–Kier alpha value is -1.29. The van der Waals surface area contributed by atoms with Gasteiger partial charge in [-0.15, -0.1) is 0 Å². The highest BCUT2D eigenvalue weighted by molar-refractivity contribution is 7.99. The first kappa shape index (κ1) is 13.1. The van der Waals surface area contributed by atoms with Crippen LogP contribution >= 0.6 is 11.8 Å². The van der Waals surface area contributed by atoms with Crippen molar-refractivity contribution in [2.75, 3.05) is 14.2 Å². The second-order valence-electron chi connectivity index (χ2n) is 3.79. The molecule has 0 spiro atoms. The quantitative estimate of drug-likeness (QED) is 0.753. The van der Waals surface area contributed by atoms with Crippen molar-refractivity contribution in [3.05, 3.63) is 60.2 Å². The van der Waals surface area contributed by atoms with Crippen LogP contribution in [0.2, 0.25) is 0 Å². The van der Waals surface area contributed by atoms with E-state index in [4.69, 9.17) is 9.47 Å². The van der Waals surface area contributed by atoms with Gasteiger partial charge < -0.3 is 9.47 Å². The van der Waals surface area contributed by atoms with E-state index in [2.05, 4.69) is 24.3 Å². The predicted octanol–water partition coefficient (Wildman–Crippen LogP) is 4.13. The van der Waals surface area contributed by atoms with Gasteiger partial charge in [0.2, 0.25) is 0 Å². The Kier molecular flexibility index (Phi) is 4.81. The van der Waals surface area contributed by atoms with Crippen molar-refractivity contribution in [2.24, 2.45) is 0 Å². The van der Waals surface area contributed by atoms with E-state index in [-0.39, 0.29) is 6.29 Å². The van der Waals surface area contributed by atoms with Crippen LogP contribution in [0.5, 0.6) is 0 Å². The summed E-state index contributed by atoms with van der Waals surface area (Å²) in [5.74, 6) is 0. The summed E-state index contributed by atoms with van der Waals surface area (Å²) in [6.45, 7) is 0. The van der Waals surface area contributed by atoms with Crippen LogP contribution in [-0.2, 0) is 9.47 Å². The lowest BCUT2D eigenvalue weighted by molar-refractivity contribution is -0.106. The molecule has 0 saturated heterocycles. The minimum atomic E-state index is -0.291. The second kappa shape index (κ2) is 6.59. The zero-order valence-corrected chi connectivity index (χ0v) is 11.3. The van der Waals surface area contributed by atoms with Crippen molar-refractivity contribution in [1.29, 1.82) is 0 Å². The van der Waals surface area contributed by atoms with Crippen LogP contribution < -0.4 is 0 Å². The van der Waals surface area contributed by atoms with Gasteiger partial charge in [-0.3, -0.25) is 0 Å². The Bertz CT molecular complexity index is 464. The van der Waals surface area contributed by atoms with Crippen LogP contribution in [-0.4, -0.2) is 14.2 Å². The maximum atomic E-state index is 5.21. The lowest BCUT2D eigenvalue weighted by Crippen LogP contribution is -2.02. The monoisotopic (exact) mass is 260 g/mol. The number of hydrogen-bond acceptors (Lipinski definition) is 3. The molecule has 0 bridgehead atoms. The summed E-state index contributed by atoms with van der Waals surface area (Å²) in [7, 11) is 3.28. The van der Waals surface area contributed by atoms with Crippen molar-refractivity contribution in [1.82, 2.24) is 0 Å². The van der Waals surface area contributed by atoms with Gasteiger partial charge in [-0.05, 0) is 24.3 Å². The van der Waals surface area contributed by atoms with Gasteiger partial charge in [-0.25, -0.2) is 0 Å². The highest BCUT2D eigenvalue weighted by Gasteiger charge is 2.08. The van der Waals surface area contributed by atoms with Crippen LogP contribution in [0.1, 0.15) is 11.9 Å². The van der Waals surface area contributed by atoms with Gasteiger partial charge in [0.25, 0.3) is 0 Å². The fourth-order valence-electron chi connectivity index (χ4n) is 1.69. The number of hydrogen-bond donors (Lipinski definition) is 0. The van der Waals surface area contributed by atoms with Crippen molar-refractivity contribution < 1.29 is 9.47 Å². The van der Waals surface area contributed by atoms with Gasteiger partial charge in [-0.2, -0.15) is 0 Å². The number of benzene rings is 2. The summed E-state index contributed by atoms with van der Waals surface area (Å²) in [4.78, 5) is 2.44. The van der Waals surface area contributed by atoms with Gasteiger partial charge in [0.1, 0.15) is 0 Å². The van der Waals surface area contributed by atoms with Gasteiger partial charge in [0.15, 0.2) is 6.29 Å². The lowest BCUT2D eigenvalue weighted by atomic mass is 10.2. The minimum absolute atomic E-state index is 0.291. The summed E-state index contributed by atoms with van der Waals surface area (Å²) >= 11 is 1.74. The van der Waals surface area contributed by atoms with Gasteiger partial charge in [0.05, 0.1) is 0 Å². The smallest absolute Gasteiger partial charge is 0.183 e. The van der Waals surface area contributed by atoms with Gasteiger partial charge >= 0.3 is 0 Å². The standard InChI is InChI=1S/C15H16O2S/c1-16-15(17-2)12-8-10-14(11-9-12)18-13-6-4-3-5-7-13/h3-11,15H,1-2H3. The average Bonchev–Trinajstić information content (AvgIpc) is 2.43. The zero-order valence-electron chi connectivity index (χ0n) is 10.5. The van der Waals surface area contributed by atoms with Crippen molar-refractivity contribution in [3.8, 4) is 0 Å². The molecule has 2 nitrogen and oxygen atoms in total. The molecule has 18 heavy (non-hydrogen) atoms. The molecule has 0 unspecified atom stereocenters. The normalized spacial score (nSPS) is 10.8. The molecule has 0 saturated carbocycles. The van der Waals surface area contributed by atoms with Crippen molar-refractivity contribution in [2.45, 2.75) is 16.1 Å². The third kappa shape index (κ3) is 3.35. The molecule has 2 aromatic rings. The summed E-state index contributed by atoms with van der Waals surface area (Å²) in [6.07, 6.45) is -0.291. The largest absolute Gasteiger partial charge is 0.352 e. The third-order valence-electron chi connectivity index (χ3n) is 2.56. The van der Waals surface area contributed by atoms with Crippen molar-refractivity contribution >= 4 is 11.8 Å². The molecule has 0 N–H and O–H groups in total. The second-order valence-corrected chi connectivity index (χ2v) is 4.93. The maximum Gasteiger partial charge on any atom is 0.183 e. The molecule has 0 amide bonds. The first-order valence-corrected chi connectivity index (χ1v) is 6.53. The first-order chi connectivity index (χ1) is 8.83. The highest BCUT2D eigenvalue weighted by Crippen LogP contribution is 2.28. The molecule has 0 radical (unpaired) electrons. The van der Waals surface area contributed by atoms with E-state index in [1.807, 2.05) is 30.3 Å². The first-order valence-electron chi connectivity index (χ1n) is 5.72. The Morgan fingerprint density at radius 1 is 0.778 bits per heavy atom. The van der Waals surface area contributed by atoms with Gasteiger partial charge in [-0.1, -0.05) is 42.1 Å². The van der Waals surface area contributed by atoms with E-state index >= 15 is 0 Å². The fourth-order valence-corrected chi connectivity index (χ4v) is 2.52. The van der Waals surface area contributed by atoms with E-state index in [1.54, 1.807) is 26.0 Å². The van der Waals surface area contributed by atoms with Crippen LogP contribution in [0.25, 0.3) is 0 Å². The Morgan fingerprint density at radius 3 is 1.89 bits per heavy atom. The summed E-state index contributed by atoms with van der Waals surface area (Å²) in [5, 5.41) is 0. The lowest BCUT2D eigenvalue weighted by Gasteiger charge is -2.13. The molecule has 3 heteroatoms. The Morgan fingerprint density at radius 2 is 1.33 bits per heavy atom. The van der Waals surface area contributed by atoms with E-state index in [1.165, 1.54) is 9.79 Å². The van der Waals surface area contributed by atoms with E-state index in [9.17, 15) is 0 Å². The van der Waals surface area contributed by atoms with Crippen LogP contribution in [0, 0.1) is 0 Å². The van der Waals surface area contributed by atoms with E-state index < -0.39 is 0 Å². The average molecular weight is 260 g/mol. The molecular formula is C15H16O2S. The zero-order chi connectivity index (χ0) is 12.8. The van der Waals surface area contributed by atoms with E-state index in [0.717, 1.165) is 5.56 Å². The molecule has 0 aliphatic rings. The summed E-state index contributed by atoms with van der Waals surface area (Å²) in [6, 6.07) is 18.5. The van der Waals surface area contributed by atoms with Crippen molar-refractivity contribution in [3.63, 3.8) is 0 Å². The number of rotatable bonds is 5. The Balaban J connectivity index is 2.08.